The molecule has 5 rings (SSSR count). The minimum atomic E-state index is 0.137. The van der Waals surface area contributed by atoms with Crippen molar-refractivity contribution in [1.82, 2.24) is 25.0 Å². The molecule has 0 radical (unpaired) electrons. The number of aromatic nitrogens is 3. The number of aromatic amines is 1. The highest BCUT2D eigenvalue weighted by Crippen LogP contribution is 2.26. The second-order valence-electron chi connectivity index (χ2n) is 9.11. The fourth-order valence-corrected chi connectivity index (χ4v) is 5.31. The summed E-state index contributed by atoms with van der Waals surface area (Å²) in [5, 5.41) is 9.75. The van der Waals surface area contributed by atoms with E-state index in [-0.39, 0.29) is 5.91 Å². The standard InChI is InChI=1S/C25H33N5O/c1-29-23-11-10-19(26-13-12-18-17-27-22-9-5-4-8-20(18)22)16-21(23)24(28-29)25(31)30-14-6-2-3-7-15-30/h4-5,8-9,17,19,26-27H,2-3,6-7,10-16H2,1H3. The Bertz CT molecular complexity index is 1060. The molecule has 3 aromatic rings. The maximum absolute atomic E-state index is 13.3. The van der Waals surface area contributed by atoms with Gasteiger partial charge in [0.25, 0.3) is 5.91 Å². The highest BCUT2D eigenvalue weighted by atomic mass is 16.2. The highest BCUT2D eigenvalue weighted by molar-refractivity contribution is 5.94. The zero-order chi connectivity index (χ0) is 21.2. The topological polar surface area (TPSA) is 66.0 Å². The zero-order valence-corrected chi connectivity index (χ0v) is 18.5. The van der Waals surface area contributed by atoms with E-state index in [1.165, 1.54) is 40.6 Å². The molecule has 164 valence electrons. The molecule has 1 fully saturated rings. The number of amides is 1. The predicted octanol–water partition coefficient (Wildman–Crippen LogP) is 3.61. The van der Waals surface area contributed by atoms with Crippen molar-refractivity contribution in [3.8, 4) is 0 Å². The van der Waals surface area contributed by atoms with Crippen LogP contribution in [0.3, 0.4) is 0 Å². The molecule has 6 heteroatoms. The molecule has 1 unspecified atom stereocenters. The average molecular weight is 420 g/mol. The molecule has 1 aliphatic heterocycles. The first kappa shape index (κ1) is 20.3. The molecule has 2 aliphatic rings. The molecule has 2 aromatic heterocycles. The van der Waals surface area contributed by atoms with Gasteiger partial charge in [-0.3, -0.25) is 9.48 Å². The van der Waals surface area contributed by atoms with Crippen LogP contribution >= 0.6 is 0 Å². The maximum atomic E-state index is 13.3. The number of H-pyrrole nitrogens is 1. The SMILES string of the molecule is Cn1nc(C(=O)N2CCCCCC2)c2c1CCC(NCCc1c[nH]c3ccccc13)C2. The molecule has 1 amide bonds. The Balaban J connectivity index is 1.25. The van der Waals surface area contributed by atoms with Crippen LogP contribution in [-0.4, -0.2) is 51.2 Å². The number of carbonyl (C=O) groups is 1. The summed E-state index contributed by atoms with van der Waals surface area (Å²) in [4.78, 5) is 18.7. The number of carbonyl (C=O) groups excluding carboxylic acids is 1. The lowest BCUT2D eigenvalue weighted by Gasteiger charge is -2.25. The van der Waals surface area contributed by atoms with Crippen LogP contribution < -0.4 is 5.32 Å². The van der Waals surface area contributed by atoms with Gasteiger partial charge >= 0.3 is 0 Å². The van der Waals surface area contributed by atoms with Crippen molar-refractivity contribution in [2.75, 3.05) is 19.6 Å². The van der Waals surface area contributed by atoms with Crippen molar-refractivity contribution >= 4 is 16.8 Å². The van der Waals surface area contributed by atoms with E-state index >= 15 is 0 Å². The molecular formula is C25H33N5O. The van der Waals surface area contributed by atoms with E-state index in [4.69, 9.17) is 0 Å². The lowest BCUT2D eigenvalue weighted by molar-refractivity contribution is 0.0753. The largest absolute Gasteiger partial charge is 0.361 e. The van der Waals surface area contributed by atoms with Crippen LogP contribution in [0.1, 0.15) is 59.4 Å². The monoisotopic (exact) mass is 419 g/mol. The van der Waals surface area contributed by atoms with E-state index < -0.39 is 0 Å². The first-order chi connectivity index (χ1) is 15.2. The van der Waals surface area contributed by atoms with Gasteiger partial charge in [0.2, 0.25) is 0 Å². The lowest BCUT2D eigenvalue weighted by atomic mass is 9.91. The van der Waals surface area contributed by atoms with Crippen LogP contribution in [0.5, 0.6) is 0 Å². The average Bonchev–Trinajstić information content (AvgIpc) is 3.22. The van der Waals surface area contributed by atoms with Crippen molar-refractivity contribution in [3.05, 3.63) is 53.0 Å². The summed E-state index contributed by atoms with van der Waals surface area (Å²) < 4.78 is 1.95. The molecule has 1 atom stereocenters. The van der Waals surface area contributed by atoms with Crippen molar-refractivity contribution in [3.63, 3.8) is 0 Å². The van der Waals surface area contributed by atoms with Gasteiger partial charge < -0.3 is 15.2 Å². The fourth-order valence-electron chi connectivity index (χ4n) is 5.31. The number of nitrogens with zero attached hydrogens (tertiary/aromatic N) is 3. The van der Waals surface area contributed by atoms with Crippen molar-refractivity contribution in [2.24, 2.45) is 7.05 Å². The van der Waals surface area contributed by atoms with Crippen LogP contribution in [0.15, 0.2) is 30.5 Å². The summed E-state index contributed by atoms with van der Waals surface area (Å²) in [6.07, 6.45) is 10.8. The van der Waals surface area contributed by atoms with E-state index in [1.807, 2.05) is 16.6 Å². The lowest BCUT2D eigenvalue weighted by Crippen LogP contribution is -2.37. The summed E-state index contributed by atoms with van der Waals surface area (Å²) in [5.74, 6) is 0.137. The first-order valence-electron chi connectivity index (χ1n) is 11.8. The van der Waals surface area contributed by atoms with Gasteiger partial charge in [-0.25, -0.2) is 0 Å². The van der Waals surface area contributed by atoms with Crippen molar-refractivity contribution < 1.29 is 4.79 Å². The van der Waals surface area contributed by atoms with Gasteiger partial charge in [-0.2, -0.15) is 5.10 Å². The minimum absolute atomic E-state index is 0.137. The normalized spacial score (nSPS) is 19.4. The van der Waals surface area contributed by atoms with Gasteiger partial charge in [0.15, 0.2) is 5.69 Å². The Hall–Kier alpha value is -2.60. The van der Waals surface area contributed by atoms with E-state index in [0.29, 0.717) is 11.7 Å². The predicted molar refractivity (Wildman–Crippen MR) is 123 cm³/mol. The Morgan fingerprint density at radius 1 is 1.19 bits per heavy atom. The number of para-hydroxylation sites is 1. The molecule has 0 spiro atoms. The number of hydrogen-bond acceptors (Lipinski definition) is 3. The van der Waals surface area contributed by atoms with Gasteiger partial charge in [0.1, 0.15) is 0 Å². The first-order valence-corrected chi connectivity index (χ1v) is 11.8. The van der Waals surface area contributed by atoms with Gasteiger partial charge in [0, 0.05) is 54.5 Å². The number of hydrogen-bond donors (Lipinski definition) is 2. The van der Waals surface area contributed by atoms with Crippen LogP contribution in [0.25, 0.3) is 10.9 Å². The fraction of sp³-hybridized carbons (Fsp3) is 0.520. The Morgan fingerprint density at radius 3 is 2.84 bits per heavy atom. The molecule has 1 saturated heterocycles. The summed E-state index contributed by atoms with van der Waals surface area (Å²) in [7, 11) is 1.99. The smallest absolute Gasteiger partial charge is 0.274 e. The van der Waals surface area contributed by atoms with Gasteiger partial charge in [-0.15, -0.1) is 0 Å². The quantitative estimate of drug-likeness (QED) is 0.664. The zero-order valence-electron chi connectivity index (χ0n) is 18.5. The number of fused-ring (bicyclic) bond motifs is 2. The van der Waals surface area contributed by atoms with E-state index in [2.05, 4.69) is 45.9 Å². The Morgan fingerprint density at radius 2 is 2.00 bits per heavy atom. The van der Waals surface area contributed by atoms with Gasteiger partial charge in [-0.05, 0) is 56.7 Å². The molecule has 31 heavy (non-hydrogen) atoms. The third-order valence-corrected chi connectivity index (χ3v) is 7.05. The third-order valence-electron chi connectivity index (χ3n) is 7.05. The molecule has 0 bridgehead atoms. The summed E-state index contributed by atoms with van der Waals surface area (Å²) in [6, 6.07) is 8.88. The van der Waals surface area contributed by atoms with Gasteiger partial charge in [-0.1, -0.05) is 31.0 Å². The third kappa shape index (κ3) is 4.13. The van der Waals surface area contributed by atoms with Crippen LogP contribution in [-0.2, 0) is 26.3 Å². The summed E-state index contributed by atoms with van der Waals surface area (Å²) in [6.45, 7) is 2.68. The van der Waals surface area contributed by atoms with E-state index in [9.17, 15) is 4.79 Å². The second-order valence-corrected chi connectivity index (χ2v) is 9.11. The Labute approximate surface area is 184 Å². The van der Waals surface area contributed by atoms with E-state index in [0.717, 1.165) is 58.2 Å². The molecule has 1 aromatic carbocycles. The molecule has 2 N–H and O–H groups in total. The van der Waals surface area contributed by atoms with Crippen LogP contribution in [0.4, 0.5) is 0 Å². The number of nitrogens with one attached hydrogen (secondary N) is 2. The van der Waals surface area contributed by atoms with Crippen LogP contribution in [0.2, 0.25) is 0 Å². The summed E-state index contributed by atoms with van der Waals surface area (Å²) >= 11 is 0. The number of benzene rings is 1. The maximum Gasteiger partial charge on any atom is 0.274 e. The molecular weight excluding hydrogens is 386 g/mol. The Kier molecular flexibility index (Phi) is 5.81. The van der Waals surface area contributed by atoms with Gasteiger partial charge in [0.05, 0.1) is 0 Å². The highest BCUT2D eigenvalue weighted by Gasteiger charge is 2.30. The summed E-state index contributed by atoms with van der Waals surface area (Å²) in [5.41, 5.74) is 5.67. The molecule has 0 saturated carbocycles. The molecule has 3 heterocycles. The van der Waals surface area contributed by atoms with E-state index in [1.54, 1.807) is 0 Å². The van der Waals surface area contributed by atoms with Crippen molar-refractivity contribution in [2.45, 2.75) is 57.4 Å². The van der Waals surface area contributed by atoms with Crippen molar-refractivity contribution in [1.29, 1.82) is 0 Å². The second kappa shape index (κ2) is 8.87. The molecule has 1 aliphatic carbocycles. The molecule has 6 nitrogen and oxygen atoms in total. The van der Waals surface area contributed by atoms with Crippen LogP contribution in [0, 0.1) is 0 Å². The minimum Gasteiger partial charge on any atom is -0.361 e. The number of likely N-dealkylation sites (tertiary alicyclic amines) is 1. The number of aryl methyl sites for hydroxylation is 1. The number of rotatable bonds is 5.